The molecule has 0 unspecified atom stereocenters. The number of rotatable bonds is 0. The van der Waals surface area contributed by atoms with Crippen LogP contribution in [-0.2, 0) is 14.1 Å². The van der Waals surface area contributed by atoms with Gasteiger partial charge in [-0.15, -0.1) is 0 Å². The molecule has 11 heavy (non-hydrogen) atoms. The zero-order valence-corrected chi connectivity index (χ0v) is 7.62. The zero-order chi connectivity index (χ0) is 6.95. The average Bonchev–Trinajstić information content (AvgIpc) is 1.93. The van der Waals surface area contributed by atoms with Crippen molar-refractivity contribution in [2.75, 3.05) is 0 Å². The number of pyridine rings is 1. The van der Waals surface area contributed by atoms with Crippen molar-refractivity contribution < 1.29 is 14.1 Å². The van der Waals surface area contributed by atoms with Crippen molar-refractivity contribution in [3.8, 4) is 0 Å². The number of aromatic nitrogens is 1. The van der Waals surface area contributed by atoms with Crippen LogP contribution < -0.4 is 12.3 Å². The minimum atomic E-state index is 0. The second kappa shape index (κ2) is 16.2. The van der Waals surface area contributed by atoms with E-state index in [2.05, 4.69) is 15.8 Å². The molecule has 0 aromatic carbocycles. The molecule has 6 N–H and O–H groups in total. The maximum atomic E-state index is 3.78. The molecule has 0 aliphatic rings. The average molecular weight is 197 g/mol. The SMILES string of the molecule is N.N.[CH2]=[Fe]=[CH2].c1ccncc1. The molecule has 0 bridgehead atoms. The van der Waals surface area contributed by atoms with Crippen molar-refractivity contribution in [1.82, 2.24) is 17.3 Å². The molecule has 66 valence electrons. The maximum absolute atomic E-state index is 3.78. The van der Waals surface area contributed by atoms with Gasteiger partial charge in [0, 0.05) is 12.4 Å². The molecule has 1 aromatic heterocycles. The molecular weight excluding hydrogens is 182 g/mol. The topological polar surface area (TPSA) is 82.9 Å². The van der Waals surface area contributed by atoms with Crippen molar-refractivity contribution >= 4 is 10.8 Å². The van der Waals surface area contributed by atoms with Crippen molar-refractivity contribution in [2.45, 2.75) is 0 Å². The molecule has 0 fully saturated rings. The summed E-state index contributed by atoms with van der Waals surface area (Å²) in [6, 6.07) is 5.72. The smallest absolute Gasteiger partial charge is 0.0267 e. The molecule has 1 heterocycles. The Kier molecular flexibility index (Phi) is 24.6. The van der Waals surface area contributed by atoms with Gasteiger partial charge in [-0.2, -0.15) is 0 Å². The van der Waals surface area contributed by atoms with Crippen LogP contribution in [0.3, 0.4) is 0 Å². The third-order valence-corrected chi connectivity index (χ3v) is 0.566. The third-order valence-electron chi connectivity index (χ3n) is 0.566. The monoisotopic (exact) mass is 197 g/mol. The molecule has 0 atom stereocenters. The zero-order valence-electron chi connectivity index (χ0n) is 6.52. The minimum Gasteiger partial charge on any atom is -0.265 e. The maximum Gasteiger partial charge on any atom is 0.0267 e. The van der Waals surface area contributed by atoms with E-state index >= 15 is 0 Å². The third kappa shape index (κ3) is 17.6. The van der Waals surface area contributed by atoms with Crippen LogP contribution in [0.1, 0.15) is 0 Å². The molecule has 4 heteroatoms. The van der Waals surface area contributed by atoms with Crippen LogP contribution in [0.15, 0.2) is 30.6 Å². The summed E-state index contributed by atoms with van der Waals surface area (Å²) in [5, 5.41) is 0. The Morgan fingerprint density at radius 3 is 1.36 bits per heavy atom. The molecule has 1 rings (SSSR count). The van der Waals surface area contributed by atoms with Gasteiger partial charge in [0.1, 0.15) is 0 Å². The van der Waals surface area contributed by atoms with E-state index in [0.717, 1.165) is 14.1 Å². The molecule has 3 nitrogen and oxygen atoms in total. The number of hydrogen-bond donors (Lipinski definition) is 2. The summed E-state index contributed by atoms with van der Waals surface area (Å²) in [5.41, 5.74) is 6.75. The van der Waals surface area contributed by atoms with Crippen molar-refractivity contribution in [3.05, 3.63) is 30.6 Å². The van der Waals surface area contributed by atoms with Crippen LogP contribution in [-0.4, -0.2) is 15.8 Å². The summed E-state index contributed by atoms with van der Waals surface area (Å²) < 4.78 is 0. The summed E-state index contributed by atoms with van der Waals surface area (Å²) in [6.45, 7) is 0. The minimum absolute atomic E-state index is 0. The van der Waals surface area contributed by atoms with E-state index in [1.54, 1.807) is 12.4 Å². The van der Waals surface area contributed by atoms with Gasteiger partial charge in [-0.05, 0) is 12.1 Å². The van der Waals surface area contributed by atoms with E-state index in [0.29, 0.717) is 0 Å². The molecule has 0 aliphatic heterocycles. The molecule has 0 saturated heterocycles. The number of hydrogen-bond acceptors (Lipinski definition) is 3. The van der Waals surface area contributed by atoms with E-state index in [1.807, 2.05) is 18.2 Å². The largest absolute Gasteiger partial charge is 0.265 e. The normalized spacial score (nSPS) is 5.82. The molecular formula is C7H15FeN3. The Bertz CT molecular complexity index is 144. The van der Waals surface area contributed by atoms with Crippen LogP contribution >= 0.6 is 0 Å². The Morgan fingerprint density at radius 1 is 0.909 bits per heavy atom. The van der Waals surface area contributed by atoms with Gasteiger partial charge >= 0.3 is 24.9 Å². The van der Waals surface area contributed by atoms with Gasteiger partial charge in [0.15, 0.2) is 0 Å². The first-order chi connectivity index (χ1) is 4.41. The Hall–Kier alpha value is -0.671. The van der Waals surface area contributed by atoms with Gasteiger partial charge in [-0.1, -0.05) is 6.07 Å². The Labute approximate surface area is 73.3 Å². The fourth-order valence-electron chi connectivity index (χ4n) is 0.313. The van der Waals surface area contributed by atoms with Crippen LogP contribution in [0, 0.1) is 0 Å². The molecule has 0 spiro atoms. The van der Waals surface area contributed by atoms with Crippen molar-refractivity contribution in [2.24, 2.45) is 0 Å². The fraction of sp³-hybridized carbons (Fsp3) is 0. The van der Waals surface area contributed by atoms with Crippen LogP contribution in [0.25, 0.3) is 0 Å². The van der Waals surface area contributed by atoms with Gasteiger partial charge in [-0.3, -0.25) is 4.98 Å². The second-order valence-electron chi connectivity index (χ2n) is 1.20. The molecule has 0 radical (unpaired) electrons. The van der Waals surface area contributed by atoms with Gasteiger partial charge in [0.25, 0.3) is 0 Å². The second-order valence-corrected chi connectivity index (χ2v) is 1.75. The quantitative estimate of drug-likeness (QED) is 0.615. The molecule has 1 aromatic rings. The van der Waals surface area contributed by atoms with E-state index in [9.17, 15) is 0 Å². The summed E-state index contributed by atoms with van der Waals surface area (Å²) >= 11 is 0.750. The van der Waals surface area contributed by atoms with Crippen LogP contribution in [0.4, 0.5) is 0 Å². The van der Waals surface area contributed by atoms with E-state index in [-0.39, 0.29) is 12.3 Å². The van der Waals surface area contributed by atoms with Crippen LogP contribution in [0.5, 0.6) is 0 Å². The van der Waals surface area contributed by atoms with Crippen molar-refractivity contribution in [1.29, 1.82) is 0 Å². The van der Waals surface area contributed by atoms with E-state index in [1.165, 1.54) is 0 Å². The first-order valence-electron chi connectivity index (χ1n) is 2.35. The summed E-state index contributed by atoms with van der Waals surface area (Å²) in [7, 11) is 0. The summed E-state index contributed by atoms with van der Waals surface area (Å²) in [5.74, 6) is 0. The fourth-order valence-corrected chi connectivity index (χ4v) is 0.313. The molecule has 0 amide bonds. The van der Waals surface area contributed by atoms with Gasteiger partial charge < -0.3 is 12.3 Å². The van der Waals surface area contributed by atoms with Crippen molar-refractivity contribution in [3.63, 3.8) is 0 Å². The Morgan fingerprint density at radius 2 is 1.27 bits per heavy atom. The van der Waals surface area contributed by atoms with Crippen LogP contribution in [0.2, 0.25) is 0 Å². The molecule has 0 aliphatic carbocycles. The predicted molar refractivity (Wildman–Crippen MR) is 48.5 cm³/mol. The predicted octanol–water partition coefficient (Wildman–Crippen LogP) is 1.34. The number of nitrogens with zero attached hydrogens (tertiary/aromatic N) is 1. The van der Waals surface area contributed by atoms with E-state index in [4.69, 9.17) is 0 Å². The molecule has 0 saturated carbocycles. The summed E-state index contributed by atoms with van der Waals surface area (Å²) in [6.07, 6.45) is 3.50. The summed E-state index contributed by atoms with van der Waals surface area (Å²) in [4.78, 5) is 3.78. The van der Waals surface area contributed by atoms with Gasteiger partial charge in [-0.25, -0.2) is 0 Å². The first kappa shape index (κ1) is 16.7. The van der Waals surface area contributed by atoms with E-state index < -0.39 is 0 Å². The van der Waals surface area contributed by atoms with Gasteiger partial charge in [0.2, 0.25) is 0 Å². The Balaban J connectivity index is -0.000000116. The first-order valence-corrected chi connectivity index (χ1v) is 3.91. The van der Waals surface area contributed by atoms with Gasteiger partial charge in [0.05, 0.1) is 0 Å². The standard InChI is InChI=1S/C5H5N.2CH2.Fe.2H3N/c1-2-4-6-5-3-1;;;;;/h1-5H;2*1H2;;2*1H3.